The summed E-state index contributed by atoms with van der Waals surface area (Å²) in [6, 6.07) is 4.50. The van der Waals surface area contributed by atoms with E-state index in [0.717, 1.165) is 6.21 Å². The summed E-state index contributed by atoms with van der Waals surface area (Å²) in [5.74, 6) is -0.0924. The molecule has 0 aromatic heterocycles. The van der Waals surface area contributed by atoms with Crippen molar-refractivity contribution in [3.05, 3.63) is 23.8 Å². The lowest BCUT2D eigenvalue weighted by molar-refractivity contribution is -0.151. The van der Waals surface area contributed by atoms with Crippen LogP contribution >= 0.6 is 0 Å². The van der Waals surface area contributed by atoms with Gasteiger partial charge in [-0.3, -0.25) is 4.79 Å². The van der Waals surface area contributed by atoms with Crippen molar-refractivity contribution in [2.45, 2.75) is 33.3 Å². The Balaban J connectivity index is 0.000000331. The zero-order valence-corrected chi connectivity index (χ0v) is 11.2. The van der Waals surface area contributed by atoms with Gasteiger partial charge in [-0.25, -0.2) is 0 Å². The molecule has 18 heavy (non-hydrogen) atoms. The number of hydrogen-bond donors (Lipinski definition) is 3. The maximum Gasteiger partial charge on any atom is 0.303 e. The predicted octanol–water partition coefficient (Wildman–Crippen LogP) is 2.32. The van der Waals surface area contributed by atoms with Crippen LogP contribution < -0.4 is 5.73 Å². The molecule has 0 aliphatic rings. The molecule has 1 aromatic carbocycles. The number of rotatable bonds is 1. The third-order valence-electron chi connectivity index (χ3n) is 1.68. The number of esters is 1. The first-order valence-corrected chi connectivity index (χ1v) is 5.44. The number of benzene rings is 1. The van der Waals surface area contributed by atoms with Gasteiger partial charge in [-0.1, -0.05) is 0 Å². The molecule has 0 amide bonds. The Hall–Kier alpha value is -2.04. The molecule has 5 nitrogen and oxygen atoms in total. The summed E-state index contributed by atoms with van der Waals surface area (Å²) in [6.07, 6.45) is 1.11. The highest BCUT2D eigenvalue weighted by molar-refractivity contribution is 5.85. The van der Waals surface area contributed by atoms with Crippen molar-refractivity contribution in [3.8, 4) is 5.75 Å². The van der Waals surface area contributed by atoms with Crippen LogP contribution in [-0.2, 0) is 9.53 Å². The van der Waals surface area contributed by atoms with Crippen molar-refractivity contribution in [2.24, 2.45) is 0 Å². The quantitative estimate of drug-likeness (QED) is 0.309. The maximum absolute atomic E-state index is 10.2. The lowest BCUT2D eigenvalue weighted by Gasteiger charge is -2.17. The molecule has 0 unspecified atom stereocenters. The van der Waals surface area contributed by atoms with Gasteiger partial charge in [0.15, 0.2) is 0 Å². The second-order valence-electron chi connectivity index (χ2n) is 4.66. The van der Waals surface area contributed by atoms with E-state index < -0.39 is 0 Å². The van der Waals surface area contributed by atoms with Crippen LogP contribution in [0.2, 0.25) is 0 Å². The van der Waals surface area contributed by atoms with E-state index in [2.05, 4.69) is 0 Å². The zero-order chi connectivity index (χ0) is 14.3. The molecule has 4 N–H and O–H groups in total. The molecule has 0 atom stereocenters. The lowest BCUT2D eigenvalue weighted by Crippen LogP contribution is -2.21. The van der Waals surface area contributed by atoms with Gasteiger partial charge in [-0.2, -0.15) is 0 Å². The SMILES string of the molecule is CC(=O)OC(C)(C)C.N=Cc1cc(O)ccc1N. The van der Waals surface area contributed by atoms with Crippen molar-refractivity contribution < 1.29 is 14.6 Å². The van der Waals surface area contributed by atoms with Gasteiger partial charge in [-0.15, -0.1) is 0 Å². The number of phenolic OH excluding ortho intramolecular Hbond substituents is 1. The summed E-state index contributed by atoms with van der Waals surface area (Å²) >= 11 is 0. The molecule has 0 heterocycles. The Morgan fingerprint density at radius 1 is 1.44 bits per heavy atom. The van der Waals surface area contributed by atoms with Crippen LogP contribution in [0.1, 0.15) is 33.3 Å². The summed E-state index contributed by atoms with van der Waals surface area (Å²) in [6.45, 7) is 6.93. The van der Waals surface area contributed by atoms with Crippen LogP contribution in [0.25, 0.3) is 0 Å². The van der Waals surface area contributed by atoms with Gasteiger partial charge in [-0.05, 0) is 39.0 Å². The molecule has 0 spiro atoms. The van der Waals surface area contributed by atoms with Crippen LogP contribution in [-0.4, -0.2) is 22.9 Å². The number of anilines is 1. The fourth-order valence-electron chi connectivity index (χ4n) is 1.12. The number of carbonyl (C=O) groups is 1. The molecule has 0 bridgehead atoms. The van der Waals surface area contributed by atoms with Crippen LogP contribution in [0.4, 0.5) is 5.69 Å². The summed E-state index contributed by atoms with van der Waals surface area (Å²) in [5, 5.41) is 15.8. The Labute approximate surface area is 107 Å². The smallest absolute Gasteiger partial charge is 0.303 e. The van der Waals surface area contributed by atoms with Gasteiger partial charge in [0.05, 0.1) is 0 Å². The van der Waals surface area contributed by atoms with E-state index >= 15 is 0 Å². The average molecular weight is 252 g/mol. The molecule has 0 saturated carbocycles. The minimum Gasteiger partial charge on any atom is -0.508 e. The molecule has 0 saturated heterocycles. The van der Waals surface area contributed by atoms with Crippen LogP contribution in [0.3, 0.4) is 0 Å². The first-order valence-electron chi connectivity index (χ1n) is 5.44. The Bertz CT molecular complexity index is 423. The van der Waals surface area contributed by atoms with Crippen molar-refractivity contribution in [2.75, 3.05) is 5.73 Å². The third-order valence-corrected chi connectivity index (χ3v) is 1.68. The fourth-order valence-corrected chi connectivity index (χ4v) is 1.12. The predicted molar refractivity (Wildman–Crippen MR) is 71.9 cm³/mol. The summed E-state index contributed by atoms with van der Waals surface area (Å²) < 4.78 is 4.80. The molecule has 0 radical (unpaired) electrons. The zero-order valence-electron chi connectivity index (χ0n) is 11.2. The molecule has 1 aromatic rings. The summed E-state index contributed by atoms with van der Waals surface area (Å²) in [5.41, 5.74) is 6.16. The Morgan fingerprint density at radius 2 is 2.00 bits per heavy atom. The molecule has 0 fully saturated rings. The first kappa shape index (κ1) is 16.0. The number of nitrogens with one attached hydrogen (secondary N) is 1. The van der Waals surface area contributed by atoms with Crippen LogP contribution in [0.5, 0.6) is 5.75 Å². The molecule has 1 rings (SSSR count). The van der Waals surface area contributed by atoms with Gasteiger partial charge in [0.1, 0.15) is 11.4 Å². The van der Waals surface area contributed by atoms with E-state index in [4.69, 9.17) is 21.0 Å². The number of aromatic hydroxyl groups is 1. The minimum atomic E-state index is -0.328. The lowest BCUT2D eigenvalue weighted by atomic mass is 10.2. The van der Waals surface area contributed by atoms with E-state index in [9.17, 15) is 4.79 Å². The Morgan fingerprint density at radius 3 is 2.28 bits per heavy atom. The summed E-state index contributed by atoms with van der Waals surface area (Å²) in [7, 11) is 0. The number of hydrogen-bond acceptors (Lipinski definition) is 5. The maximum atomic E-state index is 10.2. The highest BCUT2D eigenvalue weighted by Gasteiger charge is 2.11. The monoisotopic (exact) mass is 252 g/mol. The fraction of sp³-hybridized carbons (Fsp3) is 0.385. The van der Waals surface area contributed by atoms with Crippen molar-refractivity contribution in [3.63, 3.8) is 0 Å². The van der Waals surface area contributed by atoms with Gasteiger partial charge in [0.25, 0.3) is 0 Å². The van der Waals surface area contributed by atoms with Gasteiger partial charge in [0, 0.05) is 24.4 Å². The van der Waals surface area contributed by atoms with E-state index in [0.29, 0.717) is 11.3 Å². The third kappa shape index (κ3) is 7.27. The number of ether oxygens (including phenoxy) is 1. The topological polar surface area (TPSA) is 96.4 Å². The van der Waals surface area contributed by atoms with E-state index in [1.807, 2.05) is 20.8 Å². The summed E-state index contributed by atoms with van der Waals surface area (Å²) in [4.78, 5) is 10.2. The first-order chi connectivity index (χ1) is 8.15. The standard InChI is InChI=1S/C7H8N2O.C6H12O2/c8-4-5-3-6(10)1-2-7(5)9;1-5(7)8-6(2,3)4/h1-4,8,10H,9H2;1-4H3. The largest absolute Gasteiger partial charge is 0.508 e. The average Bonchev–Trinajstić information content (AvgIpc) is 2.19. The van der Waals surface area contributed by atoms with Crippen LogP contribution in [0.15, 0.2) is 18.2 Å². The van der Waals surface area contributed by atoms with Gasteiger partial charge >= 0.3 is 5.97 Å². The van der Waals surface area contributed by atoms with Crippen molar-refractivity contribution >= 4 is 17.9 Å². The number of phenols is 1. The number of nitrogens with two attached hydrogens (primary N) is 1. The second kappa shape index (κ2) is 6.64. The molecule has 5 heteroatoms. The van der Waals surface area contributed by atoms with Crippen molar-refractivity contribution in [1.29, 1.82) is 5.41 Å². The van der Waals surface area contributed by atoms with Gasteiger partial charge in [0.2, 0.25) is 0 Å². The molecular formula is C13H20N2O3. The highest BCUT2D eigenvalue weighted by atomic mass is 16.6. The van der Waals surface area contributed by atoms with E-state index in [1.54, 1.807) is 6.07 Å². The number of nitrogen functional groups attached to an aromatic ring is 1. The van der Waals surface area contributed by atoms with E-state index in [-0.39, 0.29) is 17.3 Å². The highest BCUT2D eigenvalue weighted by Crippen LogP contribution is 2.15. The van der Waals surface area contributed by atoms with Crippen LogP contribution in [0, 0.1) is 5.41 Å². The Kier molecular flexibility index (Phi) is 5.88. The van der Waals surface area contributed by atoms with Crippen molar-refractivity contribution in [1.82, 2.24) is 0 Å². The normalized spacial score (nSPS) is 10.0. The minimum absolute atomic E-state index is 0.132. The molecule has 0 aliphatic carbocycles. The van der Waals surface area contributed by atoms with E-state index in [1.165, 1.54) is 19.1 Å². The molecular weight excluding hydrogens is 232 g/mol. The number of carbonyl (C=O) groups excluding carboxylic acids is 1. The molecule has 0 aliphatic heterocycles. The van der Waals surface area contributed by atoms with Gasteiger partial charge < -0.3 is 21.0 Å². The molecule has 100 valence electrons. The second-order valence-corrected chi connectivity index (χ2v) is 4.66.